The van der Waals surface area contributed by atoms with Gasteiger partial charge in [-0.1, -0.05) is 18.2 Å². The second-order valence-corrected chi connectivity index (χ2v) is 5.93. The molecule has 0 radical (unpaired) electrons. The predicted octanol–water partition coefficient (Wildman–Crippen LogP) is 0.414. The van der Waals surface area contributed by atoms with Crippen molar-refractivity contribution >= 4 is 22.5 Å². The molecule has 1 aromatic heterocycles. The topological polar surface area (TPSA) is 111 Å². The minimum atomic E-state index is -1.52. The van der Waals surface area contributed by atoms with Crippen molar-refractivity contribution in [2.45, 2.75) is 6.54 Å². The van der Waals surface area contributed by atoms with Crippen molar-refractivity contribution in [2.75, 3.05) is 13.2 Å². The Morgan fingerprint density at radius 3 is 2.48 bits per heavy atom. The molecule has 136 valence electrons. The Kier molecular flexibility index (Phi) is 4.08. The molecule has 0 aliphatic carbocycles. The average Bonchev–Trinajstić information content (AvgIpc) is 2.69. The van der Waals surface area contributed by atoms with E-state index in [-0.39, 0.29) is 16.5 Å². The summed E-state index contributed by atoms with van der Waals surface area (Å²) in [7, 11) is 0. The lowest BCUT2D eigenvalue weighted by Gasteiger charge is -2.18. The number of carbonyl (C=O) groups excluding carboxylic acids is 2. The van der Waals surface area contributed by atoms with Crippen molar-refractivity contribution in [3.05, 3.63) is 64.1 Å². The Morgan fingerprint density at radius 2 is 1.74 bits per heavy atom. The summed E-state index contributed by atoms with van der Waals surface area (Å²) in [5.74, 6) is -0.952. The molecule has 2 heterocycles. The van der Waals surface area contributed by atoms with Gasteiger partial charge in [0.05, 0.1) is 11.4 Å². The zero-order valence-electron chi connectivity index (χ0n) is 14.0. The van der Waals surface area contributed by atoms with Crippen LogP contribution in [-0.4, -0.2) is 34.7 Å². The van der Waals surface area contributed by atoms with Gasteiger partial charge in [0.15, 0.2) is 17.3 Å². The highest BCUT2D eigenvalue weighted by Gasteiger charge is 2.17. The van der Waals surface area contributed by atoms with Crippen molar-refractivity contribution < 1.29 is 24.2 Å². The number of benzene rings is 2. The number of Topliss-reactive ketones (excluding diaryl/α,β-unsaturated/α-hetero) is 1. The van der Waals surface area contributed by atoms with E-state index >= 15 is 0 Å². The minimum Gasteiger partial charge on any atom is -0.543 e. The van der Waals surface area contributed by atoms with E-state index in [1.807, 2.05) is 0 Å². The molecule has 4 rings (SSSR count). The third-order valence-electron chi connectivity index (χ3n) is 4.22. The lowest BCUT2D eigenvalue weighted by Crippen LogP contribution is -2.32. The van der Waals surface area contributed by atoms with Crippen LogP contribution in [0.3, 0.4) is 0 Å². The number of rotatable bonds is 4. The molecule has 0 amide bonds. The van der Waals surface area contributed by atoms with Crippen LogP contribution in [0.1, 0.15) is 20.8 Å². The molecule has 8 heteroatoms. The van der Waals surface area contributed by atoms with E-state index < -0.39 is 23.9 Å². The molecule has 0 spiro atoms. The molecule has 0 atom stereocenters. The molecule has 8 nitrogen and oxygen atoms in total. The average molecular weight is 365 g/mol. The van der Waals surface area contributed by atoms with Crippen LogP contribution >= 0.6 is 0 Å². The number of carbonyl (C=O) groups is 2. The number of ether oxygens (including phenoxy) is 2. The summed E-state index contributed by atoms with van der Waals surface area (Å²) in [4.78, 5) is 36.6. The molecule has 0 unspecified atom stereocenters. The van der Waals surface area contributed by atoms with Gasteiger partial charge >= 0.3 is 0 Å². The van der Waals surface area contributed by atoms with Crippen molar-refractivity contribution in [2.24, 2.45) is 0 Å². The third-order valence-corrected chi connectivity index (χ3v) is 4.22. The first-order valence-corrected chi connectivity index (χ1v) is 8.18. The first-order valence-electron chi connectivity index (χ1n) is 8.18. The quantitative estimate of drug-likeness (QED) is 0.616. The Morgan fingerprint density at radius 1 is 1.04 bits per heavy atom. The van der Waals surface area contributed by atoms with Crippen molar-refractivity contribution in [3.8, 4) is 11.5 Å². The fourth-order valence-electron chi connectivity index (χ4n) is 2.94. The van der Waals surface area contributed by atoms with Gasteiger partial charge in [-0.3, -0.25) is 9.59 Å². The summed E-state index contributed by atoms with van der Waals surface area (Å²) in [6, 6.07) is 10.9. The summed E-state index contributed by atoms with van der Waals surface area (Å²) < 4.78 is 11.7. The normalized spacial score (nSPS) is 12.7. The second-order valence-electron chi connectivity index (χ2n) is 5.93. The summed E-state index contributed by atoms with van der Waals surface area (Å²) in [5.41, 5.74) is -0.641. The van der Waals surface area contributed by atoms with Gasteiger partial charge in [0, 0.05) is 10.9 Å². The van der Waals surface area contributed by atoms with Crippen LogP contribution in [0.4, 0.5) is 0 Å². The van der Waals surface area contributed by atoms with E-state index in [1.165, 1.54) is 18.2 Å². The molecule has 1 aliphatic heterocycles. The molecule has 1 aliphatic rings. The molecular weight excluding hydrogens is 352 g/mol. The highest BCUT2D eigenvalue weighted by atomic mass is 16.6. The maximum absolute atomic E-state index is 12.6. The number of aromatic carboxylic acids is 1. The molecular formula is C19H13N2O6-. The van der Waals surface area contributed by atoms with E-state index in [0.29, 0.717) is 30.3 Å². The van der Waals surface area contributed by atoms with Gasteiger partial charge in [-0.2, -0.15) is 5.10 Å². The highest BCUT2D eigenvalue weighted by Crippen LogP contribution is 2.30. The summed E-state index contributed by atoms with van der Waals surface area (Å²) in [6.07, 6.45) is 0. The largest absolute Gasteiger partial charge is 0.543 e. The Balaban J connectivity index is 1.73. The minimum absolute atomic E-state index is 0.154. The molecule has 0 bridgehead atoms. The van der Waals surface area contributed by atoms with Gasteiger partial charge in [0.1, 0.15) is 25.5 Å². The SMILES string of the molecule is O=C(Cn1nc(C(=O)[O-])c2ccccc2c1=O)c1ccc2c(c1)OCCO2. The number of fused-ring (bicyclic) bond motifs is 2. The summed E-state index contributed by atoms with van der Waals surface area (Å²) in [5, 5.41) is 15.5. The van der Waals surface area contributed by atoms with Gasteiger partial charge in [0.25, 0.3) is 5.56 Å². The number of nitrogens with zero attached hydrogens (tertiary/aromatic N) is 2. The molecule has 0 N–H and O–H groups in total. The van der Waals surface area contributed by atoms with Crippen LogP contribution in [0.5, 0.6) is 11.5 Å². The highest BCUT2D eigenvalue weighted by molar-refractivity contribution is 6.00. The number of carboxylic acids is 1. The molecule has 0 saturated carbocycles. The lowest BCUT2D eigenvalue weighted by molar-refractivity contribution is -0.255. The van der Waals surface area contributed by atoms with Gasteiger partial charge in [-0.25, -0.2) is 4.68 Å². The van der Waals surface area contributed by atoms with E-state index in [1.54, 1.807) is 24.3 Å². The maximum Gasteiger partial charge on any atom is 0.275 e. The molecule has 0 fully saturated rings. The molecule has 27 heavy (non-hydrogen) atoms. The number of hydrogen-bond donors (Lipinski definition) is 0. The molecule has 0 saturated heterocycles. The molecule has 2 aromatic carbocycles. The van der Waals surface area contributed by atoms with Crippen LogP contribution < -0.4 is 20.1 Å². The molecule has 3 aromatic rings. The van der Waals surface area contributed by atoms with Crippen molar-refractivity contribution in [3.63, 3.8) is 0 Å². The predicted molar refractivity (Wildman–Crippen MR) is 92.1 cm³/mol. The number of carboxylic acid groups (broad SMARTS) is 1. The Hall–Kier alpha value is -3.68. The van der Waals surface area contributed by atoms with Crippen molar-refractivity contribution in [1.29, 1.82) is 0 Å². The second kappa shape index (κ2) is 6.56. The first-order chi connectivity index (χ1) is 13.0. The van der Waals surface area contributed by atoms with E-state index in [2.05, 4.69) is 5.10 Å². The van der Waals surface area contributed by atoms with Crippen LogP contribution in [0.25, 0.3) is 10.8 Å². The summed E-state index contributed by atoms with van der Waals surface area (Å²) >= 11 is 0. The van der Waals surface area contributed by atoms with Crippen LogP contribution in [-0.2, 0) is 6.54 Å². The smallest absolute Gasteiger partial charge is 0.275 e. The van der Waals surface area contributed by atoms with Gasteiger partial charge in [-0.05, 0) is 24.3 Å². The van der Waals surface area contributed by atoms with Gasteiger partial charge in [-0.15, -0.1) is 0 Å². The first kappa shape index (κ1) is 16.8. The van der Waals surface area contributed by atoms with Crippen LogP contribution in [0.2, 0.25) is 0 Å². The third kappa shape index (κ3) is 3.01. The number of hydrogen-bond acceptors (Lipinski definition) is 7. The van der Waals surface area contributed by atoms with Crippen LogP contribution in [0.15, 0.2) is 47.3 Å². The lowest BCUT2D eigenvalue weighted by atomic mass is 10.1. The van der Waals surface area contributed by atoms with Gasteiger partial charge in [0.2, 0.25) is 0 Å². The zero-order valence-corrected chi connectivity index (χ0v) is 14.0. The standard InChI is InChI=1S/C19H14N2O6/c22-14(11-5-6-15-16(9-11)27-8-7-26-15)10-21-18(23)13-4-2-1-3-12(13)17(20-21)19(24)25/h1-6,9H,7-8,10H2,(H,24,25)/p-1. The number of ketones is 1. The fraction of sp³-hybridized carbons (Fsp3) is 0.158. The maximum atomic E-state index is 12.6. The van der Waals surface area contributed by atoms with Gasteiger partial charge < -0.3 is 19.4 Å². The summed E-state index contributed by atoms with van der Waals surface area (Å²) in [6.45, 7) is 0.400. The Bertz CT molecular complexity index is 1130. The van der Waals surface area contributed by atoms with E-state index in [0.717, 1.165) is 4.68 Å². The zero-order chi connectivity index (χ0) is 19.0. The number of aromatic nitrogens is 2. The van der Waals surface area contributed by atoms with Crippen LogP contribution in [0, 0.1) is 0 Å². The van der Waals surface area contributed by atoms with Crippen molar-refractivity contribution in [1.82, 2.24) is 9.78 Å². The van der Waals surface area contributed by atoms with E-state index in [9.17, 15) is 19.5 Å². The Labute approximate surface area is 152 Å². The monoisotopic (exact) mass is 365 g/mol. The fourth-order valence-corrected chi connectivity index (χ4v) is 2.94. The van der Waals surface area contributed by atoms with E-state index in [4.69, 9.17) is 9.47 Å².